The maximum Gasteiger partial charge on any atom is 0.259 e. The van der Waals surface area contributed by atoms with Gasteiger partial charge in [0.1, 0.15) is 11.5 Å². The molecule has 29 heavy (non-hydrogen) atoms. The lowest BCUT2D eigenvalue weighted by molar-refractivity contribution is 0.102. The van der Waals surface area contributed by atoms with Gasteiger partial charge in [0.15, 0.2) is 11.5 Å². The Hall–Kier alpha value is -3.67. The van der Waals surface area contributed by atoms with Crippen LogP contribution in [0.3, 0.4) is 0 Å². The molecule has 0 saturated carbocycles. The van der Waals surface area contributed by atoms with Crippen molar-refractivity contribution >= 4 is 11.6 Å². The standard InChI is InChI=1S/C23H23NO5/c1-15-5-9-17(10-6-15)29-18-11-7-16(8-12-18)24-23(25)19-13-14-20(26-2)22(28-4)21(19)27-3/h5-14H,1-4H3,(H,24,25). The van der Waals surface area contributed by atoms with E-state index in [2.05, 4.69) is 5.32 Å². The summed E-state index contributed by atoms with van der Waals surface area (Å²) in [7, 11) is 4.50. The average molecular weight is 393 g/mol. The molecule has 0 radical (unpaired) electrons. The van der Waals surface area contributed by atoms with E-state index in [1.807, 2.05) is 31.2 Å². The fraction of sp³-hybridized carbons (Fsp3) is 0.174. The Kier molecular flexibility index (Phi) is 6.24. The van der Waals surface area contributed by atoms with Crippen LogP contribution in [0.2, 0.25) is 0 Å². The van der Waals surface area contributed by atoms with Crippen LogP contribution in [0.1, 0.15) is 15.9 Å². The van der Waals surface area contributed by atoms with Gasteiger partial charge in [0.05, 0.1) is 26.9 Å². The Balaban J connectivity index is 1.75. The number of methoxy groups -OCH3 is 3. The van der Waals surface area contributed by atoms with Gasteiger partial charge in [-0.1, -0.05) is 17.7 Å². The summed E-state index contributed by atoms with van der Waals surface area (Å²) in [5.74, 6) is 2.26. The van der Waals surface area contributed by atoms with Gasteiger partial charge in [0.25, 0.3) is 5.91 Å². The largest absolute Gasteiger partial charge is 0.493 e. The first-order chi connectivity index (χ1) is 14.0. The van der Waals surface area contributed by atoms with Crippen LogP contribution in [0.5, 0.6) is 28.7 Å². The van der Waals surface area contributed by atoms with E-state index in [4.69, 9.17) is 18.9 Å². The van der Waals surface area contributed by atoms with Crippen molar-refractivity contribution in [2.24, 2.45) is 0 Å². The molecule has 0 saturated heterocycles. The summed E-state index contributed by atoms with van der Waals surface area (Å²) in [6.07, 6.45) is 0. The van der Waals surface area contributed by atoms with Crippen molar-refractivity contribution in [1.29, 1.82) is 0 Å². The molecule has 0 unspecified atom stereocenters. The Bertz CT molecular complexity index is 981. The minimum Gasteiger partial charge on any atom is -0.493 e. The molecule has 6 heteroatoms. The third-order valence-electron chi connectivity index (χ3n) is 4.32. The smallest absolute Gasteiger partial charge is 0.259 e. The zero-order valence-electron chi connectivity index (χ0n) is 16.8. The first kappa shape index (κ1) is 20.1. The van der Waals surface area contributed by atoms with Crippen LogP contribution in [0.25, 0.3) is 0 Å². The monoisotopic (exact) mass is 393 g/mol. The van der Waals surface area contributed by atoms with E-state index in [0.29, 0.717) is 34.2 Å². The summed E-state index contributed by atoms with van der Waals surface area (Å²) in [5.41, 5.74) is 2.13. The molecule has 0 spiro atoms. The van der Waals surface area contributed by atoms with Gasteiger partial charge in [-0.25, -0.2) is 0 Å². The van der Waals surface area contributed by atoms with Crippen molar-refractivity contribution in [1.82, 2.24) is 0 Å². The van der Waals surface area contributed by atoms with E-state index in [1.165, 1.54) is 26.9 Å². The van der Waals surface area contributed by atoms with E-state index in [9.17, 15) is 4.79 Å². The van der Waals surface area contributed by atoms with Crippen LogP contribution in [0.15, 0.2) is 60.7 Å². The molecule has 1 N–H and O–H groups in total. The van der Waals surface area contributed by atoms with Crippen molar-refractivity contribution in [2.45, 2.75) is 6.92 Å². The van der Waals surface area contributed by atoms with Gasteiger partial charge in [-0.2, -0.15) is 0 Å². The minimum atomic E-state index is -0.324. The highest BCUT2D eigenvalue weighted by Gasteiger charge is 2.20. The molecule has 1 amide bonds. The lowest BCUT2D eigenvalue weighted by atomic mass is 10.1. The lowest BCUT2D eigenvalue weighted by Crippen LogP contribution is -2.14. The molecule has 3 aromatic carbocycles. The Morgan fingerprint density at radius 2 is 1.31 bits per heavy atom. The molecule has 0 aromatic heterocycles. The molecular weight excluding hydrogens is 370 g/mol. The summed E-state index contributed by atoms with van der Waals surface area (Å²) < 4.78 is 21.8. The number of ether oxygens (including phenoxy) is 4. The number of hydrogen-bond donors (Lipinski definition) is 1. The zero-order chi connectivity index (χ0) is 20.8. The Morgan fingerprint density at radius 3 is 1.86 bits per heavy atom. The van der Waals surface area contributed by atoms with Crippen molar-refractivity contribution in [3.63, 3.8) is 0 Å². The number of benzene rings is 3. The van der Waals surface area contributed by atoms with Crippen LogP contribution >= 0.6 is 0 Å². The Labute approximate surface area is 170 Å². The van der Waals surface area contributed by atoms with Gasteiger partial charge in [-0.3, -0.25) is 4.79 Å². The predicted molar refractivity (Wildman–Crippen MR) is 112 cm³/mol. The molecule has 6 nitrogen and oxygen atoms in total. The van der Waals surface area contributed by atoms with Crippen LogP contribution in [0.4, 0.5) is 5.69 Å². The maximum atomic E-state index is 12.8. The molecule has 0 aliphatic rings. The number of hydrogen-bond acceptors (Lipinski definition) is 5. The van der Waals surface area contributed by atoms with E-state index in [1.54, 1.807) is 36.4 Å². The van der Waals surface area contributed by atoms with Crippen molar-refractivity contribution in [3.05, 3.63) is 71.8 Å². The number of carbonyl (C=O) groups is 1. The number of carbonyl (C=O) groups excluding carboxylic acids is 1. The number of nitrogens with one attached hydrogen (secondary N) is 1. The van der Waals surface area contributed by atoms with E-state index >= 15 is 0 Å². The third-order valence-corrected chi connectivity index (χ3v) is 4.32. The van der Waals surface area contributed by atoms with Crippen molar-refractivity contribution in [3.8, 4) is 28.7 Å². The second-order valence-corrected chi connectivity index (χ2v) is 6.28. The summed E-state index contributed by atoms with van der Waals surface area (Å²) in [4.78, 5) is 12.8. The van der Waals surface area contributed by atoms with Crippen molar-refractivity contribution in [2.75, 3.05) is 26.6 Å². The quantitative estimate of drug-likeness (QED) is 0.607. The van der Waals surface area contributed by atoms with E-state index in [0.717, 1.165) is 5.75 Å². The molecule has 0 aliphatic heterocycles. The highest BCUT2D eigenvalue weighted by molar-refractivity contribution is 6.07. The summed E-state index contributed by atoms with van der Waals surface area (Å²) in [6.45, 7) is 2.02. The highest BCUT2D eigenvalue weighted by atomic mass is 16.5. The first-order valence-electron chi connectivity index (χ1n) is 9.00. The number of amides is 1. The van der Waals surface area contributed by atoms with Crippen LogP contribution < -0.4 is 24.3 Å². The maximum absolute atomic E-state index is 12.8. The van der Waals surface area contributed by atoms with Gasteiger partial charge < -0.3 is 24.3 Å². The molecule has 0 aliphatic carbocycles. The third kappa shape index (κ3) is 4.60. The fourth-order valence-corrected chi connectivity index (χ4v) is 2.83. The van der Waals surface area contributed by atoms with Gasteiger partial charge in [-0.05, 0) is 55.5 Å². The zero-order valence-corrected chi connectivity index (χ0v) is 16.8. The molecule has 0 atom stereocenters. The summed E-state index contributed by atoms with van der Waals surface area (Å²) in [6, 6.07) is 18.2. The molecule has 3 rings (SSSR count). The molecule has 0 bridgehead atoms. The normalized spacial score (nSPS) is 10.2. The number of anilines is 1. The minimum absolute atomic E-state index is 0.309. The van der Waals surface area contributed by atoms with Gasteiger partial charge in [0, 0.05) is 5.69 Å². The highest BCUT2D eigenvalue weighted by Crippen LogP contribution is 2.40. The predicted octanol–water partition coefficient (Wildman–Crippen LogP) is 5.07. The van der Waals surface area contributed by atoms with Gasteiger partial charge >= 0.3 is 0 Å². The van der Waals surface area contributed by atoms with Crippen LogP contribution in [0, 0.1) is 6.92 Å². The summed E-state index contributed by atoms with van der Waals surface area (Å²) in [5, 5.41) is 2.85. The average Bonchev–Trinajstić information content (AvgIpc) is 2.75. The second kappa shape index (κ2) is 9.01. The molecule has 3 aromatic rings. The number of aryl methyl sites for hydroxylation is 1. The molecular formula is C23H23NO5. The molecule has 150 valence electrons. The fourth-order valence-electron chi connectivity index (χ4n) is 2.83. The van der Waals surface area contributed by atoms with Crippen LogP contribution in [-0.2, 0) is 0 Å². The topological polar surface area (TPSA) is 66.0 Å². The van der Waals surface area contributed by atoms with Gasteiger partial charge in [-0.15, -0.1) is 0 Å². The SMILES string of the molecule is COc1ccc(C(=O)Nc2ccc(Oc3ccc(C)cc3)cc2)c(OC)c1OC. The second-order valence-electron chi connectivity index (χ2n) is 6.28. The van der Waals surface area contributed by atoms with Crippen molar-refractivity contribution < 1.29 is 23.7 Å². The summed E-state index contributed by atoms with van der Waals surface area (Å²) >= 11 is 0. The molecule has 0 fully saturated rings. The van der Waals surface area contributed by atoms with E-state index in [-0.39, 0.29) is 5.91 Å². The Morgan fingerprint density at radius 1 is 0.724 bits per heavy atom. The van der Waals surface area contributed by atoms with Crippen LogP contribution in [-0.4, -0.2) is 27.2 Å². The number of rotatable bonds is 7. The van der Waals surface area contributed by atoms with Gasteiger partial charge in [0.2, 0.25) is 5.75 Å². The lowest BCUT2D eigenvalue weighted by Gasteiger charge is -2.15. The molecule has 0 heterocycles. The van der Waals surface area contributed by atoms with E-state index < -0.39 is 0 Å². The first-order valence-corrected chi connectivity index (χ1v) is 9.00.